The summed E-state index contributed by atoms with van der Waals surface area (Å²) in [6.07, 6.45) is 2.48. The van der Waals surface area contributed by atoms with Crippen molar-refractivity contribution < 1.29 is 19.1 Å². The van der Waals surface area contributed by atoms with E-state index in [0.717, 1.165) is 18.5 Å². The second-order valence-corrected chi connectivity index (χ2v) is 7.48. The van der Waals surface area contributed by atoms with Crippen LogP contribution in [0.1, 0.15) is 12.0 Å². The smallest absolute Gasteiger partial charge is 0.340 e. The first-order chi connectivity index (χ1) is 13.0. The van der Waals surface area contributed by atoms with Crippen LogP contribution >= 0.6 is 0 Å². The van der Waals surface area contributed by atoms with E-state index in [1.54, 1.807) is 35.4 Å². The molecule has 3 N–H and O–H groups in total. The lowest BCUT2D eigenvalue weighted by molar-refractivity contribution is -0.156. The van der Waals surface area contributed by atoms with E-state index in [-0.39, 0.29) is 6.04 Å². The Balaban J connectivity index is 1.53. The first-order valence-corrected chi connectivity index (χ1v) is 8.97. The Kier molecular flexibility index (Phi) is 3.38. The number of hydrogen-bond donors (Lipinski definition) is 3. The second kappa shape index (κ2) is 5.58. The van der Waals surface area contributed by atoms with Gasteiger partial charge in [-0.05, 0) is 31.7 Å². The number of aliphatic carboxylic acids is 1. The van der Waals surface area contributed by atoms with Gasteiger partial charge < -0.3 is 19.8 Å². The number of rotatable bonds is 3. The summed E-state index contributed by atoms with van der Waals surface area (Å²) in [5.41, 5.74) is 5.65. The third-order valence-electron chi connectivity index (χ3n) is 6.03. The zero-order valence-corrected chi connectivity index (χ0v) is 14.8. The monoisotopic (exact) mass is 368 g/mol. The molecule has 1 unspecified atom stereocenters. The lowest BCUT2D eigenvalue weighted by atomic mass is 9.88. The number of amides is 1. The number of hydrazine groups is 1. The van der Waals surface area contributed by atoms with E-state index in [0.29, 0.717) is 29.6 Å². The van der Waals surface area contributed by atoms with Crippen molar-refractivity contribution >= 4 is 17.6 Å². The molecule has 1 aromatic carbocycles. The van der Waals surface area contributed by atoms with Gasteiger partial charge in [0.05, 0.1) is 12.0 Å². The van der Waals surface area contributed by atoms with E-state index in [1.807, 2.05) is 13.1 Å². The summed E-state index contributed by atoms with van der Waals surface area (Å²) in [5.74, 6) is -0.938. The van der Waals surface area contributed by atoms with E-state index in [2.05, 4.69) is 15.8 Å². The Morgan fingerprint density at radius 2 is 2.11 bits per heavy atom. The molecular weight excluding hydrogens is 348 g/mol. The van der Waals surface area contributed by atoms with Crippen LogP contribution in [-0.4, -0.2) is 59.0 Å². The Bertz CT molecular complexity index is 926. The number of piperazine rings is 1. The van der Waals surface area contributed by atoms with Crippen LogP contribution in [0.5, 0.6) is 0 Å². The molecule has 5 rings (SSSR count). The van der Waals surface area contributed by atoms with E-state index in [9.17, 15) is 14.7 Å². The van der Waals surface area contributed by atoms with Crippen molar-refractivity contribution in [2.75, 3.05) is 25.6 Å². The Hall–Kier alpha value is -2.84. The van der Waals surface area contributed by atoms with Crippen LogP contribution in [-0.2, 0) is 15.1 Å². The molecular formula is C19H20N4O4. The van der Waals surface area contributed by atoms with Crippen molar-refractivity contribution in [2.45, 2.75) is 24.0 Å². The highest BCUT2D eigenvalue weighted by Crippen LogP contribution is 2.40. The highest BCUT2D eigenvalue weighted by Gasteiger charge is 2.58. The molecule has 3 atom stereocenters. The number of nitrogens with zero attached hydrogens (tertiary/aromatic N) is 2. The summed E-state index contributed by atoms with van der Waals surface area (Å²) in [5, 5.41) is 10.0. The van der Waals surface area contributed by atoms with E-state index < -0.39 is 17.4 Å². The van der Waals surface area contributed by atoms with Gasteiger partial charge in [0.2, 0.25) is 5.54 Å². The predicted molar refractivity (Wildman–Crippen MR) is 96.8 cm³/mol. The van der Waals surface area contributed by atoms with Crippen molar-refractivity contribution in [3.05, 3.63) is 42.2 Å². The molecule has 2 aromatic rings. The highest BCUT2D eigenvalue weighted by molar-refractivity contribution is 6.10. The van der Waals surface area contributed by atoms with Crippen molar-refractivity contribution in [1.29, 1.82) is 0 Å². The third-order valence-corrected chi connectivity index (χ3v) is 6.03. The van der Waals surface area contributed by atoms with Crippen LogP contribution in [0.4, 0.5) is 5.69 Å². The number of carbonyl (C=O) groups excluding carboxylic acids is 1. The third kappa shape index (κ3) is 2.17. The average molecular weight is 368 g/mol. The van der Waals surface area contributed by atoms with Gasteiger partial charge in [-0.15, -0.1) is 0 Å². The van der Waals surface area contributed by atoms with Crippen molar-refractivity contribution in [2.24, 2.45) is 0 Å². The standard InChI is InChI=1S/C19H20N4O4/c1-22-9-13-8-12(22)10-23(13)17(24)19(18(25)26)14-5-4-11(7-15(14)20-21-19)16-3-2-6-27-16/h2-7,12-13,20-21H,8-10H2,1H3,(H,25,26)/t12-,13-,19?/m0/s1. The predicted octanol–water partition coefficient (Wildman–Crippen LogP) is 1.07. The molecule has 2 bridgehead atoms. The van der Waals surface area contributed by atoms with Gasteiger partial charge in [0.1, 0.15) is 5.76 Å². The number of nitrogens with one attached hydrogen (secondary N) is 2. The molecule has 4 heterocycles. The highest BCUT2D eigenvalue weighted by atomic mass is 16.4. The fraction of sp³-hybridized carbons (Fsp3) is 0.368. The largest absolute Gasteiger partial charge is 0.479 e. The number of carboxylic acid groups (broad SMARTS) is 1. The molecule has 0 radical (unpaired) electrons. The zero-order chi connectivity index (χ0) is 18.8. The van der Waals surface area contributed by atoms with Crippen LogP contribution in [0, 0.1) is 0 Å². The Morgan fingerprint density at radius 1 is 1.26 bits per heavy atom. The van der Waals surface area contributed by atoms with Gasteiger partial charge in [0.25, 0.3) is 5.91 Å². The maximum atomic E-state index is 13.4. The fourth-order valence-corrected chi connectivity index (χ4v) is 4.56. The number of carbonyl (C=O) groups is 2. The summed E-state index contributed by atoms with van der Waals surface area (Å²) >= 11 is 0. The van der Waals surface area contributed by atoms with Crippen molar-refractivity contribution in [1.82, 2.24) is 15.2 Å². The normalized spacial score (nSPS) is 29.0. The summed E-state index contributed by atoms with van der Waals surface area (Å²) in [6.45, 7) is 1.35. The van der Waals surface area contributed by atoms with Crippen LogP contribution in [0.3, 0.4) is 0 Å². The molecule has 1 aromatic heterocycles. The van der Waals surface area contributed by atoms with E-state index in [1.165, 1.54) is 0 Å². The minimum atomic E-state index is -1.82. The van der Waals surface area contributed by atoms with Gasteiger partial charge in [-0.1, -0.05) is 12.1 Å². The van der Waals surface area contributed by atoms with Gasteiger partial charge in [-0.2, -0.15) is 0 Å². The first-order valence-electron chi connectivity index (χ1n) is 8.97. The second-order valence-electron chi connectivity index (χ2n) is 7.48. The molecule has 8 heteroatoms. The minimum absolute atomic E-state index is 0.0666. The zero-order valence-electron chi connectivity index (χ0n) is 14.8. The summed E-state index contributed by atoms with van der Waals surface area (Å²) in [4.78, 5) is 29.6. The topological polar surface area (TPSA) is 98.1 Å². The maximum absolute atomic E-state index is 13.4. The number of hydrogen-bond acceptors (Lipinski definition) is 6. The Labute approximate surface area is 155 Å². The molecule has 0 spiro atoms. The fourth-order valence-electron chi connectivity index (χ4n) is 4.56. The van der Waals surface area contributed by atoms with E-state index >= 15 is 0 Å². The van der Waals surface area contributed by atoms with Gasteiger partial charge in [0.15, 0.2) is 0 Å². The number of benzene rings is 1. The van der Waals surface area contributed by atoms with E-state index in [4.69, 9.17) is 4.42 Å². The molecule has 140 valence electrons. The quantitative estimate of drug-likeness (QED) is 0.697. The number of anilines is 1. The lowest BCUT2D eigenvalue weighted by Gasteiger charge is -2.36. The molecule has 27 heavy (non-hydrogen) atoms. The van der Waals surface area contributed by atoms with Crippen LogP contribution in [0.15, 0.2) is 41.0 Å². The SMILES string of the molecule is CN1C[C@@H]2C[C@H]1CN2C(=O)C1(C(=O)O)NNc2cc(-c3ccco3)ccc21. The lowest BCUT2D eigenvalue weighted by Crippen LogP contribution is -2.61. The average Bonchev–Trinajstić information content (AvgIpc) is 3.42. The number of furan rings is 1. The molecule has 2 saturated heterocycles. The molecule has 3 aliphatic heterocycles. The van der Waals surface area contributed by atoms with Gasteiger partial charge in [-0.25, -0.2) is 10.2 Å². The van der Waals surface area contributed by atoms with Gasteiger partial charge in [0, 0.05) is 36.3 Å². The van der Waals surface area contributed by atoms with Crippen LogP contribution < -0.4 is 10.9 Å². The first kappa shape index (κ1) is 16.3. The number of fused-ring (bicyclic) bond motifs is 3. The maximum Gasteiger partial charge on any atom is 0.340 e. The molecule has 0 saturated carbocycles. The number of likely N-dealkylation sites (tertiary alicyclic amines) is 2. The van der Waals surface area contributed by atoms with Crippen molar-refractivity contribution in [3.63, 3.8) is 0 Å². The molecule has 2 fully saturated rings. The summed E-state index contributed by atoms with van der Waals surface area (Å²) in [7, 11) is 2.04. The van der Waals surface area contributed by atoms with Gasteiger partial charge in [-0.3, -0.25) is 9.69 Å². The molecule has 8 nitrogen and oxygen atoms in total. The Morgan fingerprint density at radius 3 is 2.74 bits per heavy atom. The minimum Gasteiger partial charge on any atom is -0.479 e. The van der Waals surface area contributed by atoms with Crippen molar-refractivity contribution in [3.8, 4) is 11.3 Å². The summed E-state index contributed by atoms with van der Waals surface area (Å²) < 4.78 is 5.41. The number of likely N-dealkylation sites (N-methyl/N-ethyl adjacent to an activating group) is 1. The van der Waals surface area contributed by atoms with Gasteiger partial charge >= 0.3 is 5.97 Å². The molecule has 0 aliphatic carbocycles. The molecule has 1 amide bonds. The summed E-state index contributed by atoms with van der Waals surface area (Å²) in [6, 6.07) is 9.25. The molecule has 3 aliphatic rings. The number of carboxylic acids is 1. The van der Waals surface area contributed by atoms with Crippen LogP contribution in [0.25, 0.3) is 11.3 Å². The van der Waals surface area contributed by atoms with Crippen LogP contribution in [0.2, 0.25) is 0 Å².